The Morgan fingerprint density at radius 3 is 2.52 bits per heavy atom. The van der Waals surface area contributed by atoms with Gasteiger partial charge in [-0.15, -0.1) is 0 Å². The number of nitrogens with zero attached hydrogens (tertiary/aromatic N) is 1. The average Bonchev–Trinajstić information content (AvgIpc) is 3.19. The van der Waals surface area contributed by atoms with E-state index < -0.39 is 10.0 Å². The van der Waals surface area contributed by atoms with Gasteiger partial charge in [0.15, 0.2) is 0 Å². The minimum absolute atomic E-state index is 0.0977. The molecule has 0 N–H and O–H groups in total. The van der Waals surface area contributed by atoms with E-state index in [1.54, 1.807) is 24.5 Å². The summed E-state index contributed by atoms with van der Waals surface area (Å²) in [5.41, 5.74) is 0.870. The fourth-order valence-corrected chi connectivity index (χ4v) is 3.57. The molecule has 0 atom stereocenters. The van der Waals surface area contributed by atoms with E-state index in [2.05, 4.69) is 0 Å². The van der Waals surface area contributed by atoms with Gasteiger partial charge in [0.25, 0.3) is 0 Å². The molecule has 0 aliphatic heterocycles. The van der Waals surface area contributed by atoms with Crippen LogP contribution in [0.25, 0.3) is 6.08 Å². The molecular weight excluding hydrogens is 286 g/mol. The molecule has 0 bridgehead atoms. The summed E-state index contributed by atoms with van der Waals surface area (Å²) < 4.78 is 31.8. The maximum atomic E-state index is 12.5. The zero-order chi connectivity index (χ0) is 14.7. The fourth-order valence-electron chi connectivity index (χ4n) is 2.15. The van der Waals surface area contributed by atoms with Crippen molar-refractivity contribution in [2.24, 2.45) is 0 Å². The van der Waals surface area contributed by atoms with Crippen LogP contribution < -0.4 is 0 Å². The molecule has 0 amide bonds. The first-order valence-corrected chi connectivity index (χ1v) is 8.43. The van der Waals surface area contributed by atoms with Gasteiger partial charge >= 0.3 is 0 Å². The Kier molecular flexibility index (Phi) is 3.94. The molecule has 0 spiro atoms. The number of sulfonamides is 1. The number of rotatable bonds is 6. The van der Waals surface area contributed by atoms with Crippen molar-refractivity contribution in [2.75, 3.05) is 0 Å². The predicted octanol–water partition coefficient (Wildman–Crippen LogP) is 3.24. The number of hydrogen-bond donors (Lipinski definition) is 0. The summed E-state index contributed by atoms with van der Waals surface area (Å²) in [6.45, 7) is 0.291. The maximum Gasteiger partial charge on any atom is 0.236 e. The van der Waals surface area contributed by atoms with Crippen molar-refractivity contribution in [1.29, 1.82) is 0 Å². The SMILES string of the molecule is O=S(=O)(/C=C/c1ccccc1)N(Cc1ccco1)C1CC1. The van der Waals surface area contributed by atoms with E-state index in [1.807, 2.05) is 30.3 Å². The monoisotopic (exact) mass is 303 g/mol. The van der Waals surface area contributed by atoms with Gasteiger partial charge in [-0.05, 0) is 36.6 Å². The molecule has 4 nitrogen and oxygen atoms in total. The van der Waals surface area contributed by atoms with Crippen LogP contribution >= 0.6 is 0 Å². The molecular formula is C16H17NO3S. The van der Waals surface area contributed by atoms with Gasteiger partial charge in [0.1, 0.15) is 5.76 Å². The highest BCUT2D eigenvalue weighted by molar-refractivity contribution is 7.92. The largest absolute Gasteiger partial charge is 0.468 e. The fraction of sp³-hybridized carbons (Fsp3) is 0.250. The lowest BCUT2D eigenvalue weighted by Gasteiger charge is -2.18. The van der Waals surface area contributed by atoms with E-state index in [0.717, 1.165) is 18.4 Å². The number of furan rings is 1. The summed E-state index contributed by atoms with van der Waals surface area (Å²) in [5, 5.41) is 1.28. The molecule has 1 aromatic heterocycles. The molecule has 110 valence electrons. The van der Waals surface area contributed by atoms with Gasteiger partial charge in [0.05, 0.1) is 12.8 Å². The number of hydrogen-bond acceptors (Lipinski definition) is 3. The molecule has 1 heterocycles. The van der Waals surface area contributed by atoms with Gasteiger partial charge in [-0.1, -0.05) is 30.3 Å². The quantitative estimate of drug-likeness (QED) is 0.823. The van der Waals surface area contributed by atoms with Crippen LogP contribution in [-0.4, -0.2) is 18.8 Å². The van der Waals surface area contributed by atoms with Crippen molar-refractivity contribution in [3.05, 3.63) is 65.5 Å². The second-order valence-electron chi connectivity index (χ2n) is 5.11. The molecule has 0 radical (unpaired) electrons. The third-order valence-electron chi connectivity index (χ3n) is 3.40. The molecule has 1 saturated carbocycles. The smallest absolute Gasteiger partial charge is 0.236 e. The lowest BCUT2D eigenvalue weighted by molar-refractivity contribution is 0.361. The maximum absolute atomic E-state index is 12.5. The lowest BCUT2D eigenvalue weighted by Crippen LogP contribution is -2.30. The van der Waals surface area contributed by atoms with Crippen molar-refractivity contribution in [2.45, 2.75) is 25.4 Å². The Morgan fingerprint density at radius 2 is 1.90 bits per heavy atom. The molecule has 1 aliphatic rings. The summed E-state index contributed by atoms with van der Waals surface area (Å²) in [6, 6.07) is 13.1. The lowest BCUT2D eigenvalue weighted by atomic mass is 10.2. The van der Waals surface area contributed by atoms with Crippen LogP contribution in [-0.2, 0) is 16.6 Å². The van der Waals surface area contributed by atoms with Gasteiger partial charge in [0.2, 0.25) is 10.0 Å². The second-order valence-corrected chi connectivity index (χ2v) is 6.89. The zero-order valence-corrected chi connectivity index (χ0v) is 12.4. The Hall–Kier alpha value is -1.85. The first-order valence-electron chi connectivity index (χ1n) is 6.92. The molecule has 0 saturated heterocycles. The van der Waals surface area contributed by atoms with E-state index in [9.17, 15) is 8.42 Å². The van der Waals surface area contributed by atoms with Crippen LogP contribution in [0.2, 0.25) is 0 Å². The van der Waals surface area contributed by atoms with Gasteiger partial charge in [-0.2, -0.15) is 4.31 Å². The minimum Gasteiger partial charge on any atom is -0.468 e. The minimum atomic E-state index is -3.44. The van der Waals surface area contributed by atoms with Gasteiger partial charge < -0.3 is 4.42 Å². The summed E-state index contributed by atoms with van der Waals surface area (Å²) in [7, 11) is -3.44. The van der Waals surface area contributed by atoms with E-state index in [1.165, 1.54) is 9.71 Å². The highest BCUT2D eigenvalue weighted by Gasteiger charge is 2.36. The van der Waals surface area contributed by atoms with E-state index in [4.69, 9.17) is 4.42 Å². The molecule has 2 aromatic rings. The first-order chi connectivity index (χ1) is 10.1. The van der Waals surface area contributed by atoms with Crippen molar-refractivity contribution < 1.29 is 12.8 Å². The summed E-state index contributed by atoms with van der Waals surface area (Å²) in [6.07, 6.45) is 5.03. The van der Waals surface area contributed by atoms with Gasteiger partial charge in [0, 0.05) is 11.4 Å². The molecule has 21 heavy (non-hydrogen) atoms. The second kappa shape index (κ2) is 5.87. The van der Waals surface area contributed by atoms with E-state index in [-0.39, 0.29) is 6.04 Å². The van der Waals surface area contributed by atoms with Crippen molar-refractivity contribution >= 4 is 16.1 Å². The first kappa shape index (κ1) is 14.1. The Labute approximate surface area is 124 Å². The zero-order valence-electron chi connectivity index (χ0n) is 11.6. The Balaban J connectivity index is 1.79. The van der Waals surface area contributed by atoms with Crippen LogP contribution in [0.3, 0.4) is 0 Å². The molecule has 0 unspecified atom stereocenters. The normalized spacial score (nSPS) is 15.9. The highest BCUT2D eigenvalue weighted by atomic mass is 32.2. The summed E-state index contributed by atoms with van der Waals surface area (Å²) in [4.78, 5) is 0. The third kappa shape index (κ3) is 3.62. The van der Waals surface area contributed by atoms with Crippen molar-refractivity contribution in [3.63, 3.8) is 0 Å². The summed E-state index contributed by atoms with van der Waals surface area (Å²) in [5.74, 6) is 0.665. The Bertz CT molecular complexity index is 701. The van der Waals surface area contributed by atoms with E-state index in [0.29, 0.717) is 12.3 Å². The average molecular weight is 303 g/mol. The van der Waals surface area contributed by atoms with Gasteiger partial charge in [-0.3, -0.25) is 0 Å². The molecule has 1 aromatic carbocycles. The summed E-state index contributed by atoms with van der Waals surface area (Å²) >= 11 is 0. The predicted molar refractivity (Wildman–Crippen MR) is 81.7 cm³/mol. The molecule has 5 heteroatoms. The highest BCUT2D eigenvalue weighted by Crippen LogP contribution is 2.31. The van der Waals surface area contributed by atoms with Crippen molar-refractivity contribution in [1.82, 2.24) is 4.31 Å². The Morgan fingerprint density at radius 1 is 1.14 bits per heavy atom. The van der Waals surface area contributed by atoms with Crippen LogP contribution in [0.1, 0.15) is 24.2 Å². The van der Waals surface area contributed by atoms with Crippen LogP contribution in [0.5, 0.6) is 0 Å². The molecule has 1 fully saturated rings. The number of benzene rings is 1. The standard InChI is InChI=1S/C16H17NO3S/c18-21(19,12-10-14-5-2-1-3-6-14)17(15-8-9-15)13-16-7-4-11-20-16/h1-7,10-12,15H,8-9,13H2/b12-10+. The van der Waals surface area contributed by atoms with Crippen LogP contribution in [0.4, 0.5) is 0 Å². The van der Waals surface area contributed by atoms with Crippen LogP contribution in [0.15, 0.2) is 58.6 Å². The van der Waals surface area contributed by atoms with Gasteiger partial charge in [-0.25, -0.2) is 8.42 Å². The topological polar surface area (TPSA) is 50.5 Å². The molecule has 1 aliphatic carbocycles. The third-order valence-corrected chi connectivity index (χ3v) is 4.97. The van der Waals surface area contributed by atoms with Crippen LogP contribution in [0, 0.1) is 0 Å². The van der Waals surface area contributed by atoms with E-state index >= 15 is 0 Å². The molecule has 3 rings (SSSR count). The van der Waals surface area contributed by atoms with Crippen molar-refractivity contribution in [3.8, 4) is 0 Å².